The molecule has 110 valence electrons. The summed E-state index contributed by atoms with van der Waals surface area (Å²) in [7, 11) is 0. The van der Waals surface area contributed by atoms with E-state index in [2.05, 4.69) is 12.1 Å². The molecule has 0 spiro atoms. The van der Waals surface area contributed by atoms with Gasteiger partial charge in [0.2, 0.25) is 5.78 Å². The normalized spacial score (nSPS) is 15.3. The largest absolute Gasteiger partial charge is 0.483 e. The number of fused-ring (bicyclic) bond motifs is 1. The molecule has 0 bridgehead atoms. The Morgan fingerprint density at radius 1 is 1.19 bits per heavy atom. The van der Waals surface area contributed by atoms with Crippen molar-refractivity contribution in [2.24, 2.45) is 0 Å². The van der Waals surface area contributed by atoms with Crippen LogP contribution < -0.4 is 4.74 Å². The van der Waals surface area contributed by atoms with Crippen LogP contribution >= 0.6 is 22.9 Å². The number of halogens is 1. The van der Waals surface area contributed by atoms with Gasteiger partial charge in [-0.25, -0.2) is 0 Å². The molecule has 0 fully saturated rings. The Kier molecular flexibility index (Phi) is 4.32. The van der Waals surface area contributed by atoms with E-state index in [0.717, 1.165) is 18.6 Å². The van der Waals surface area contributed by atoms with Gasteiger partial charge in [0.05, 0.1) is 9.21 Å². The quantitative estimate of drug-likeness (QED) is 0.747. The van der Waals surface area contributed by atoms with Crippen molar-refractivity contribution in [3.05, 3.63) is 50.7 Å². The average Bonchev–Trinajstić information content (AvgIpc) is 2.93. The lowest BCUT2D eigenvalue weighted by molar-refractivity contribution is 0.0822. The first-order chi connectivity index (χ1) is 10.1. The van der Waals surface area contributed by atoms with Crippen LogP contribution in [0.4, 0.5) is 0 Å². The molecule has 0 radical (unpaired) electrons. The average molecular weight is 321 g/mol. The highest BCUT2D eigenvalue weighted by molar-refractivity contribution is 7.18. The summed E-state index contributed by atoms with van der Waals surface area (Å²) in [5.74, 6) is 0.753. The van der Waals surface area contributed by atoms with Crippen molar-refractivity contribution < 1.29 is 9.53 Å². The molecule has 1 heterocycles. The first-order valence-electron chi connectivity index (χ1n) is 7.21. The van der Waals surface area contributed by atoms with Gasteiger partial charge in [0.15, 0.2) is 6.10 Å². The smallest absolute Gasteiger partial charge is 0.212 e. The Morgan fingerprint density at radius 2 is 1.95 bits per heavy atom. The van der Waals surface area contributed by atoms with E-state index in [1.54, 1.807) is 19.1 Å². The van der Waals surface area contributed by atoms with Gasteiger partial charge in [-0.15, -0.1) is 11.3 Å². The highest BCUT2D eigenvalue weighted by Gasteiger charge is 2.19. The topological polar surface area (TPSA) is 26.3 Å². The number of carbonyl (C=O) groups is 1. The van der Waals surface area contributed by atoms with Crippen molar-refractivity contribution in [1.29, 1.82) is 0 Å². The molecule has 0 aliphatic heterocycles. The van der Waals surface area contributed by atoms with Gasteiger partial charge in [-0.3, -0.25) is 4.79 Å². The molecule has 2 aromatic rings. The summed E-state index contributed by atoms with van der Waals surface area (Å²) >= 11 is 7.17. The van der Waals surface area contributed by atoms with Gasteiger partial charge in [-0.2, -0.15) is 0 Å². The molecule has 1 aliphatic carbocycles. The zero-order chi connectivity index (χ0) is 14.8. The van der Waals surface area contributed by atoms with Crippen LogP contribution in [0, 0.1) is 0 Å². The first-order valence-corrected chi connectivity index (χ1v) is 8.41. The van der Waals surface area contributed by atoms with Crippen molar-refractivity contribution in [2.75, 3.05) is 0 Å². The number of carbonyl (C=O) groups excluding carboxylic acids is 1. The van der Waals surface area contributed by atoms with Gasteiger partial charge in [0, 0.05) is 0 Å². The van der Waals surface area contributed by atoms with Crippen molar-refractivity contribution in [1.82, 2.24) is 0 Å². The molecule has 1 atom stereocenters. The molecule has 21 heavy (non-hydrogen) atoms. The first kappa shape index (κ1) is 14.6. The van der Waals surface area contributed by atoms with Gasteiger partial charge in [0.25, 0.3) is 0 Å². The summed E-state index contributed by atoms with van der Waals surface area (Å²) in [5.41, 5.74) is 2.77. The number of hydrogen-bond acceptors (Lipinski definition) is 3. The monoisotopic (exact) mass is 320 g/mol. The standard InChI is InChI=1S/C17H17ClO2S/c1-11(17(19)15-8-9-16(18)21-15)20-14-7-6-12-4-2-3-5-13(12)10-14/h6-11H,2-5H2,1H3. The molecule has 0 saturated carbocycles. The summed E-state index contributed by atoms with van der Waals surface area (Å²) < 4.78 is 6.44. The Bertz CT molecular complexity index is 663. The molecule has 1 aromatic heterocycles. The Hall–Kier alpha value is -1.32. The van der Waals surface area contributed by atoms with Gasteiger partial charge < -0.3 is 4.74 Å². The third-order valence-corrected chi connectivity index (χ3v) is 5.06. The Balaban J connectivity index is 1.72. The van der Waals surface area contributed by atoms with E-state index >= 15 is 0 Å². The second-order valence-corrected chi connectivity index (χ2v) is 7.08. The molecule has 1 unspecified atom stereocenters. The number of Topliss-reactive ketones (excluding diaryl/α,β-unsaturated/α-hetero) is 1. The molecule has 2 nitrogen and oxygen atoms in total. The number of ketones is 1. The van der Waals surface area contributed by atoms with Crippen LogP contribution in [0.25, 0.3) is 0 Å². The van der Waals surface area contributed by atoms with Crippen molar-refractivity contribution in [2.45, 2.75) is 38.7 Å². The van der Waals surface area contributed by atoms with E-state index in [4.69, 9.17) is 16.3 Å². The predicted molar refractivity (Wildman–Crippen MR) is 86.8 cm³/mol. The van der Waals surface area contributed by atoms with Crippen LogP contribution in [0.2, 0.25) is 4.34 Å². The number of thiophene rings is 1. The number of aryl methyl sites for hydroxylation is 2. The van der Waals surface area contributed by atoms with Crippen molar-refractivity contribution >= 4 is 28.7 Å². The molecular weight excluding hydrogens is 304 g/mol. The second-order valence-electron chi connectivity index (χ2n) is 5.37. The van der Waals surface area contributed by atoms with E-state index in [-0.39, 0.29) is 5.78 Å². The van der Waals surface area contributed by atoms with E-state index in [9.17, 15) is 4.79 Å². The minimum absolute atomic E-state index is 0.0235. The maximum absolute atomic E-state index is 12.3. The maximum atomic E-state index is 12.3. The van der Waals surface area contributed by atoms with Crippen LogP contribution in [0.15, 0.2) is 30.3 Å². The van der Waals surface area contributed by atoms with Crippen LogP contribution in [0.5, 0.6) is 5.75 Å². The highest BCUT2D eigenvalue weighted by Crippen LogP contribution is 2.27. The van der Waals surface area contributed by atoms with Crippen LogP contribution in [-0.4, -0.2) is 11.9 Å². The lowest BCUT2D eigenvalue weighted by Gasteiger charge is -2.18. The van der Waals surface area contributed by atoms with Gasteiger partial charge >= 0.3 is 0 Å². The van der Waals surface area contributed by atoms with Gasteiger partial charge in [0.1, 0.15) is 5.75 Å². The molecule has 1 aromatic carbocycles. The number of ether oxygens (including phenoxy) is 1. The summed E-state index contributed by atoms with van der Waals surface area (Å²) in [6, 6.07) is 9.67. The van der Waals surface area contributed by atoms with Crippen molar-refractivity contribution in [3.8, 4) is 5.75 Å². The zero-order valence-electron chi connectivity index (χ0n) is 11.9. The number of benzene rings is 1. The molecule has 0 amide bonds. The summed E-state index contributed by atoms with van der Waals surface area (Å²) in [4.78, 5) is 12.9. The molecule has 1 aliphatic rings. The van der Waals surface area contributed by atoms with E-state index < -0.39 is 6.10 Å². The van der Waals surface area contributed by atoms with E-state index in [1.165, 1.54) is 35.3 Å². The van der Waals surface area contributed by atoms with E-state index in [1.807, 2.05) is 6.07 Å². The van der Waals surface area contributed by atoms with Gasteiger partial charge in [-0.05, 0) is 68.0 Å². The van der Waals surface area contributed by atoms with Crippen LogP contribution in [-0.2, 0) is 12.8 Å². The Morgan fingerprint density at radius 3 is 2.67 bits per heavy atom. The molecule has 4 heteroatoms. The minimum Gasteiger partial charge on any atom is -0.483 e. The Labute approximate surface area is 133 Å². The summed E-state index contributed by atoms with van der Waals surface area (Å²) in [5, 5.41) is 0. The summed E-state index contributed by atoms with van der Waals surface area (Å²) in [6.07, 6.45) is 4.26. The summed E-state index contributed by atoms with van der Waals surface area (Å²) in [6.45, 7) is 1.79. The van der Waals surface area contributed by atoms with Crippen LogP contribution in [0.1, 0.15) is 40.6 Å². The predicted octanol–water partition coefficient (Wildman–Crippen LogP) is 4.93. The third-order valence-electron chi connectivity index (χ3n) is 3.82. The highest BCUT2D eigenvalue weighted by atomic mass is 35.5. The SMILES string of the molecule is CC(Oc1ccc2c(c1)CCCC2)C(=O)c1ccc(Cl)s1. The molecular formula is C17H17ClO2S. The van der Waals surface area contributed by atoms with Crippen LogP contribution in [0.3, 0.4) is 0 Å². The lowest BCUT2D eigenvalue weighted by Crippen LogP contribution is -2.23. The van der Waals surface area contributed by atoms with E-state index in [0.29, 0.717) is 9.21 Å². The second kappa shape index (κ2) is 6.20. The number of hydrogen-bond donors (Lipinski definition) is 0. The number of rotatable bonds is 4. The fraction of sp³-hybridized carbons (Fsp3) is 0.353. The third kappa shape index (κ3) is 3.30. The molecule has 3 rings (SSSR count). The molecule has 0 saturated heterocycles. The maximum Gasteiger partial charge on any atom is 0.212 e. The fourth-order valence-electron chi connectivity index (χ4n) is 2.69. The van der Waals surface area contributed by atoms with Gasteiger partial charge in [-0.1, -0.05) is 17.7 Å². The minimum atomic E-state index is -0.499. The zero-order valence-corrected chi connectivity index (χ0v) is 13.5. The van der Waals surface area contributed by atoms with Crippen molar-refractivity contribution in [3.63, 3.8) is 0 Å². The fourth-order valence-corrected chi connectivity index (χ4v) is 3.75. The lowest BCUT2D eigenvalue weighted by atomic mass is 9.92. The molecule has 0 N–H and O–H groups in total.